The average Bonchev–Trinajstić information content (AvgIpc) is 3.36. The van der Waals surface area contributed by atoms with Crippen LogP contribution in [0.1, 0.15) is 55.1 Å². The molecule has 1 N–H and O–H groups in total. The van der Waals surface area contributed by atoms with Crippen LogP contribution in [-0.2, 0) is 17.8 Å². The number of rotatable bonds is 3. The molecule has 0 aliphatic carbocycles. The van der Waals surface area contributed by atoms with Crippen molar-refractivity contribution in [2.24, 2.45) is 0 Å². The SMILES string of the molecule is CC(C)(C)OC(=O)n1c(-c2ccc(Cl)c3c2C(=O)NC3)cc2cc(CN3CCC(Br)CC3)ccc21. The zero-order valence-electron chi connectivity index (χ0n) is 20.2. The highest BCUT2D eigenvalue weighted by Gasteiger charge is 2.30. The quantitative estimate of drug-likeness (QED) is 0.381. The van der Waals surface area contributed by atoms with Gasteiger partial charge in [-0.1, -0.05) is 39.7 Å². The van der Waals surface area contributed by atoms with Crippen LogP contribution in [0.15, 0.2) is 36.4 Å². The third-order valence-electron chi connectivity index (χ3n) is 6.55. The molecule has 0 atom stereocenters. The maximum absolute atomic E-state index is 13.4. The van der Waals surface area contributed by atoms with Crippen molar-refractivity contribution in [3.8, 4) is 11.3 Å². The zero-order chi connectivity index (χ0) is 24.9. The van der Waals surface area contributed by atoms with Crippen molar-refractivity contribution in [1.82, 2.24) is 14.8 Å². The number of piperidine rings is 1. The number of amides is 1. The fourth-order valence-electron chi connectivity index (χ4n) is 4.91. The second-order valence-corrected chi connectivity index (χ2v) is 12.0. The van der Waals surface area contributed by atoms with E-state index in [0.29, 0.717) is 33.2 Å². The Balaban J connectivity index is 1.61. The second kappa shape index (κ2) is 9.26. The predicted octanol–water partition coefficient (Wildman–Crippen LogP) is 6.35. The number of aromatic nitrogens is 1. The number of nitrogens with zero attached hydrogens (tertiary/aromatic N) is 2. The lowest BCUT2D eigenvalue weighted by Gasteiger charge is -2.29. The Morgan fingerprint density at radius 1 is 1.17 bits per heavy atom. The Bertz CT molecular complexity index is 1320. The molecule has 0 radical (unpaired) electrons. The molecular weight excluding hydrogens is 530 g/mol. The number of ether oxygens (including phenoxy) is 1. The highest BCUT2D eigenvalue weighted by molar-refractivity contribution is 9.09. The predicted molar refractivity (Wildman–Crippen MR) is 142 cm³/mol. The topological polar surface area (TPSA) is 63.6 Å². The number of fused-ring (bicyclic) bond motifs is 2. The molecular formula is C27H29BrClN3O3. The monoisotopic (exact) mass is 557 g/mol. The molecule has 3 aromatic rings. The zero-order valence-corrected chi connectivity index (χ0v) is 22.5. The van der Waals surface area contributed by atoms with Gasteiger partial charge in [-0.15, -0.1) is 0 Å². The first-order chi connectivity index (χ1) is 16.6. The molecule has 0 bridgehead atoms. The highest BCUT2D eigenvalue weighted by atomic mass is 79.9. The number of halogens is 2. The molecule has 5 rings (SSSR count). The lowest BCUT2D eigenvalue weighted by molar-refractivity contribution is 0.0547. The number of hydrogen-bond donors (Lipinski definition) is 1. The minimum Gasteiger partial charge on any atom is -0.443 e. The summed E-state index contributed by atoms with van der Waals surface area (Å²) < 4.78 is 7.35. The van der Waals surface area contributed by atoms with Crippen LogP contribution in [0, 0.1) is 0 Å². The largest absolute Gasteiger partial charge is 0.443 e. The normalized spacial score (nSPS) is 17.0. The van der Waals surface area contributed by atoms with E-state index in [-0.39, 0.29) is 5.91 Å². The molecule has 1 fully saturated rings. The number of carbonyl (C=O) groups is 2. The summed E-state index contributed by atoms with van der Waals surface area (Å²) in [5, 5.41) is 4.33. The summed E-state index contributed by atoms with van der Waals surface area (Å²) in [7, 11) is 0. The van der Waals surface area contributed by atoms with Gasteiger partial charge in [0.15, 0.2) is 0 Å². The number of nitrogens with one attached hydrogen (secondary N) is 1. The Hall–Kier alpha value is -2.35. The highest BCUT2D eigenvalue weighted by Crippen LogP contribution is 2.37. The number of likely N-dealkylation sites (tertiary alicyclic amines) is 1. The van der Waals surface area contributed by atoms with Crippen LogP contribution in [0.4, 0.5) is 4.79 Å². The minimum absolute atomic E-state index is 0.186. The van der Waals surface area contributed by atoms with E-state index < -0.39 is 11.7 Å². The first-order valence-electron chi connectivity index (χ1n) is 11.9. The van der Waals surface area contributed by atoms with E-state index in [4.69, 9.17) is 16.3 Å². The fraction of sp³-hybridized carbons (Fsp3) is 0.407. The van der Waals surface area contributed by atoms with Crippen LogP contribution in [0.25, 0.3) is 22.2 Å². The molecule has 2 aliphatic rings. The van der Waals surface area contributed by atoms with E-state index in [0.717, 1.165) is 48.9 Å². The minimum atomic E-state index is -0.661. The molecule has 6 nitrogen and oxygen atoms in total. The van der Waals surface area contributed by atoms with Crippen molar-refractivity contribution >= 4 is 50.4 Å². The Kier molecular flexibility index (Phi) is 6.45. The Morgan fingerprint density at radius 3 is 2.63 bits per heavy atom. The van der Waals surface area contributed by atoms with Crippen molar-refractivity contribution in [2.75, 3.05) is 13.1 Å². The molecule has 35 heavy (non-hydrogen) atoms. The van der Waals surface area contributed by atoms with Gasteiger partial charge in [-0.2, -0.15) is 0 Å². The summed E-state index contributed by atoms with van der Waals surface area (Å²) in [6.45, 7) is 8.90. The molecule has 1 amide bonds. The van der Waals surface area contributed by atoms with Gasteiger partial charge in [0.25, 0.3) is 5.91 Å². The van der Waals surface area contributed by atoms with Crippen LogP contribution in [0.5, 0.6) is 0 Å². The van der Waals surface area contributed by atoms with Crippen molar-refractivity contribution in [3.63, 3.8) is 0 Å². The maximum atomic E-state index is 13.4. The van der Waals surface area contributed by atoms with E-state index in [1.165, 1.54) is 5.56 Å². The summed E-state index contributed by atoms with van der Waals surface area (Å²) in [5.74, 6) is -0.186. The van der Waals surface area contributed by atoms with Gasteiger partial charge in [0.1, 0.15) is 5.60 Å². The number of alkyl halides is 1. The van der Waals surface area contributed by atoms with Crippen molar-refractivity contribution < 1.29 is 14.3 Å². The third kappa shape index (κ3) is 4.86. The molecule has 0 spiro atoms. The van der Waals surface area contributed by atoms with Gasteiger partial charge in [-0.25, -0.2) is 9.36 Å². The standard InChI is InChI=1S/C27H29BrClN3O3/c1-27(2,3)35-26(34)32-22-7-4-16(15-31-10-8-18(28)9-11-31)12-17(22)13-23(32)19-5-6-21(29)20-14-30-25(33)24(19)20/h4-7,12-13,18H,8-11,14-15H2,1-3H3,(H,30,33). The molecule has 3 heterocycles. The Morgan fingerprint density at radius 2 is 1.91 bits per heavy atom. The van der Waals surface area contributed by atoms with E-state index in [9.17, 15) is 9.59 Å². The van der Waals surface area contributed by atoms with Crippen LogP contribution in [-0.4, -0.2) is 45.0 Å². The first kappa shape index (κ1) is 24.3. The average molecular weight is 559 g/mol. The number of benzene rings is 2. The van der Waals surface area contributed by atoms with Gasteiger partial charge >= 0.3 is 6.09 Å². The summed E-state index contributed by atoms with van der Waals surface area (Å²) >= 11 is 10.1. The molecule has 2 aromatic carbocycles. The van der Waals surface area contributed by atoms with Crippen molar-refractivity contribution in [2.45, 2.75) is 57.1 Å². The van der Waals surface area contributed by atoms with E-state index in [2.05, 4.69) is 38.3 Å². The smallest absolute Gasteiger partial charge is 0.419 e. The van der Waals surface area contributed by atoms with Crippen LogP contribution >= 0.6 is 27.5 Å². The molecule has 0 saturated carbocycles. The molecule has 0 unspecified atom stereocenters. The first-order valence-corrected chi connectivity index (χ1v) is 13.2. The van der Waals surface area contributed by atoms with Crippen LogP contribution in [0.2, 0.25) is 5.02 Å². The second-order valence-electron chi connectivity index (χ2n) is 10.3. The summed E-state index contributed by atoms with van der Waals surface area (Å²) in [6.07, 6.45) is 1.81. The van der Waals surface area contributed by atoms with Crippen LogP contribution < -0.4 is 5.32 Å². The van der Waals surface area contributed by atoms with Crippen molar-refractivity contribution in [1.29, 1.82) is 0 Å². The Labute approximate surface area is 218 Å². The molecule has 1 aromatic heterocycles. The molecule has 184 valence electrons. The van der Waals surface area contributed by atoms with E-state index in [1.54, 1.807) is 10.6 Å². The number of carbonyl (C=O) groups excluding carboxylic acids is 2. The third-order valence-corrected chi connectivity index (χ3v) is 7.82. The fourth-order valence-corrected chi connectivity index (χ4v) is 5.54. The molecule has 2 aliphatic heterocycles. The van der Waals surface area contributed by atoms with Crippen LogP contribution in [0.3, 0.4) is 0 Å². The summed E-state index contributed by atoms with van der Waals surface area (Å²) in [4.78, 5) is 29.2. The van der Waals surface area contributed by atoms with Gasteiger partial charge in [-0.3, -0.25) is 9.69 Å². The van der Waals surface area contributed by atoms with E-state index in [1.807, 2.05) is 39.0 Å². The number of hydrogen-bond acceptors (Lipinski definition) is 4. The maximum Gasteiger partial charge on any atom is 0.419 e. The lowest BCUT2D eigenvalue weighted by Crippen LogP contribution is -2.33. The summed E-state index contributed by atoms with van der Waals surface area (Å²) in [6, 6.07) is 11.8. The van der Waals surface area contributed by atoms with Crippen molar-refractivity contribution in [3.05, 3.63) is 58.1 Å². The van der Waals surface area contributed by atoms with Gasteiger partial charge in [-0.05, 0) is 76.5 Å². The molecule has 1 saturated heterocycles. The molecule has 8 heteroatoms. The van der Waals surface area contributed by atoms with Gasteiger partial charge in [0, 0.05) is 39.5 Å². The van der Waals surface area contributed by atoms with Gasteiger partial charge in [0.05, 0.1) is 16.8 Å². The van der Waals surface area contributed by atoms with Gasteiger partial charge in [0.2, 0.25) is 0 Å². The van der Waals surface area contributed by atoms with E-state index >= 15 is 0 Å². The lowest BCUT2D eigenvalue weighted by atomic mass is 10.00. The summed E-state index contributed by atoms with van der Waals surface area (Å²) in [5.41, 5.74) is 3.84. The van der Waals surface area contributed by atoms with Gasteiger partial charge < -0.3 is 10.1 Å².